The van der Waals surface area contributed by atoms with Crippen molar-refractivity contribution in [2.24, 2.45) is 0 Å². The molecule has 5 nitrogen and oxygen atoms in total. The number of nitrogens with zero attached hydrogens (tertiary/aromatic N) is 2. The number of rotatable bonds is 4. The van der Waals surface area contributed by atoms with Gasteiger partial charge in [0.2, 0.25) is 0 Å². The summed E-state index contributed by atoms with van der Waals surface area (Å²) in [6.45, 7) is 2.08. The Morgan fingerprint density at radius 1 is 0.968 bits per heavy atom. The lowest BCUT2D eigenvalue weighted by Gasteiger charge is -2.04. The van der Waals surface area contributed by atoms with Crippen LogP contribution in [0.5, 0.6) is 0 Å². The maximum Gasteiger partial charge on any atom is 0.273 e. The van der Waals surface area contributed by atoms with Crippen LogP contribution in [0.4, 0.5) is 5.69 Å². The maximum atomic E-state index is 12.6. The quantitative estimate of drug-likeness (QED) is 0.329. The van der Waals surface area contributed by atoms with Crippen LogP contribution in [0, 0.1) is 6.92 Å². The summed E-state index contributed by atoms with van der Waals surface area (Å²) in [5.74, 6) is -0.254. The molecule has 0 fully saturated rings. The van der Waals surface area contributed by atoms with E-state index in [9.17, 15) is 4.79 Å². The molecular formula is C24H17ClN4OS. The summed E-state index contributed by atoms with van der Waals surface area (Å²) in [6, 6.07) is 23.0. The lowest BCUT2D eigenvalue weighted by Crippen LogP contribution is -2.12. The van der Waals surface area contributed by atoms with Crippen molar-refractivity contribution in [3.63, 3.8) is 0 Å². The third-order valence-corrected chi connectivity index (χ3v) is 6.22. The third kappa shape index (κ3) is 4.08. The highest BCUT2D eigenvalue weighted by Gasteiger charge is 2.12. The first kappa shape index (κ1) is 19.5. The summed E-state index contributed by atoms with van der Waals surface area (Å²) in [4.78, 5) is 17.3. The van der Waals surface area contributed by atoms with Gasteiger partial charge < -0.3 is 5.32 Å². The van der Waals surface area contributed by atoms with E-state index in [0.717, 1.165) is 21.7 Å². The highest BCUT2D eigenvalue weighted by molar-refractivity contribution is 7.21. The van der Waals surface area contributed by atoms with Crippen molar-refractivity contribution in [2.75, 3.05) is 5.32 Å². The van der Waals surface area contributed by atoms with Crippen LogP contribution >= 0.6 is 22.9 Å². The zero-order valence-corrected chi connectivity index (χ0v) is 18.1. The largest absolute Gasteiger partial charge is 0.321 e. The zero-order chi connectivity index (χ0) is 21.4. The predicted octanol–water partition coefficient (Wildman–Crippen LogP) is 6.57. The molecule has 0 saturated carbocycles. The maximum absolute atomic E-state index is 12.6. The highest BCUT2D eigenvalue weighted by atomic mass is 35.5. The fourth-order valence-electron chi connectivity index (χ4n) is 3.26. The van der Waals surface area contributed by atoms with Crippen LogP contribution in [0.3, 0.4) is 0 Å². The number of fused-ring (bicyclic) bond motifs is 1. The van der Waals surface area contributed by atoms with Crippen molar-refractivity contribution in [2.45, 2.75) is 6.92 Å². The third-order valence-electron chi connectivity index (χ3n) is 4.90. The van der Waals surface area contributed by atoms with Crippen molar-refractivity contribution in [3.05, 3.63) is 89.1 Å². The van der Waals surface area contributed by atoms with Crippen LogP contribution in [0.2, 0.25) is 5.02 Å². The smallest absolute Gasteiger partial charge is 0.273 e. The molecule has 2 N–H and O–H groups in total. The molecule has 0 unspecified atom stereocenters. The highest BCUT2D eigenvalue weighted by Crippen LogP contribution is 2.31. The van der Waals surface area contributed by atoms with E-state index in [1.54, 1.807) is 29.5 Å². The topological polar surface area (TPSA) is 70.7 Å². The minimum atomic E-state index is -0.254. The molecule has 2 heterocycles. The number of amides is 1. The molecule has 0 atom stereocenters. The molecule has 0 aliphatic carbocycles. The molecule has 0 spiro atoms. The van der Waals surface area contributed by atoms with Crippen LogP contribution in [0.15, 0.2) is 72.8 Å². The predicted molar refractivity (Wildman–Crippen MR) is 127 cm³/mol. The van der Waals surface area contributed by atoms with Crippen LogP contribution in [0.25, 0.3) is 32.0 Å². The lowest BCUT2D eigenvalue weighted by atomic mass is 10.1. The molecule has 5 aromatic rings. The van der Waals surface area contributed by atoms with Gasteiger partial charge in [0, 0.05) is 21.8 Å². The molecule has 2 aromatic heterocycles. The number of carbonyl (C=O) groups excluding carboxylic acids is 1. The molecule has 0 bridgehead atoms. The van der Waals surface area contributed by atoms with Gasteiger partial charge in [0.15, 0.2) is 0 Å². The summed E-state index contributed by atoms with van der Waals surface area (Å²) < 4.78 is 1.17. The van der Waals surface area contributed by atoms with Crippen LogP contribution < -0.4 is 5.32 Å². The normalized spacial score (nSPS) is 11.0. The van der Waals surface area contributed by atoms with E-state index in [0.29, 0.717) is 22.1 Å². The molecule has 3 aromatic carbocycles. The van der Waals surface area contributed by atoms with Gasteiger partial charge in [-0.25, -0.2) is 4.98 Å². The number of nitrogens with one attached hydrogen (secondary N) is 2. The lowest BCUT2D eigenvalue weighted by molar-refractivity contribution is 0.102. The van der Waals surface area contributed by atoms with Crippen LogP contribution in [-0.2, 0) is 0 Å². The average Bonchev–Trinajstić information content (AvgIpc) is 3.42. The number of carbonyl (C=O) groups is 1. The SMILES string of the molecule is Cc1ccc2nc(-c3ccc(NC(=O)c4cc(-c5ccc(Cl)cc5)n[nH]4)cc3)sc2c1. The molecule has 5 rings (SSSR count). The van der Waals surface area contributed by atoms with Gasteiger partial charge in [-0.15, -0.1) is 11.3 Å². The van der Waals surface area contributed by atoms with Gasteiger partial charge >= 0.3 is 0 Å². The second kappa shape index (κ2) is 7.98. The molecule has 0 aliphatic heterocycles. The monoisotopic (exact) mass is 444 g/mol. The molecule has 152 valence electrons. The molecular weight excluding hydrogens is 428 g/mol. The van der Waals surface area contributed by atoms with Gasteiger partial charge in [0.25, 0.3) is 5.91 Å². The Bertz CT molecular complexity index is 1390. The minimum Gasteiger partial charge on any atom is -0.321 e. The number of H-pyrrole nitrogens is 1. The Morgan fingerprint density at radius 2 is 1.71 bits per heavy atom. The second-order valence-electron chi connectivity index (χ2n) is 7.20. The fourth-order valence-corrected chi connectivity index (χ4v) is 4.45. The molecule has 7 heteroatoms. The average molecular weight is 445 g/mol. The van der Waals surface area contributed by atoms with Gasteiger partial charge in [0.05, 0.1) is 15.9 Å². The summed E-state index contributed by atoms with van der Waals surface area (Å²) in [5, 5.41) is 11.5. The number of anilines is 1. The molecule has 0 saturated heterocycles. The first-order valence-electron chi connectivity index (χ1n) is 9.65. The molecule has 31 heavy (non-hydrogen) atoms. The first-order chi connectivity index (χ1) is 15.0. The Kier molecular flexibility index (Phi) is 5.02. The van der Waals surface area contributed by atoms with Crippen LogP contribution in [0.1, 0.15) is 16.1 Å². The van der Waals surface area contributed by atoms with E-state index in [4.69, 9.17) is 16.6 Å². The van der Waals surface area contributed by atoms with E-state index >= 15 is 0 Å². The van der Waals surface area contributed by atoms with Crippen molar-refractivity contribution in [1.29, 1.82) is 0 Å². The number of halogens is 1. The van der Waals surface area contributed by atoms with E-state index in [-0.39, 0.29) is 5.91 Å². The Balaban J connectivity index is 1.31. The number of benzene rings is 3. The number of hydrogen-bond donors (Lipinski definition) is 2. The summed E-state index contributed by atoms with van der Waals surface area (Å²) in [6.07, 6.45) is 0. The summed E-state index contributed by atoms with van der Waals surface area (Å²) in [7, 11) is 0. The summed E-state index contributed by atoms with van der Waals surface area (Å²) in [5.41, 5.74) is 5.89. The standard InChI is InChI=1S/C24H17ClN4OS/c1-14-2-11-19-22(12-14)31-24(27-19)16-5-9-18(10-6-16)26-23(30)21-13-20(28-29-21)15-3-7-17(25)8-4-15/h2-13H,1H3,(H,26,30)(H,28,29). The number of aryl methyl sites for hydroxylation is 1. The zero-order valence-electron chi connectivity index (χ0n) is 16.5. The van der Waals surface area contributed by atoms with Crippen molar-refractivity contribution < 1.29 is 4.79 Å². The Labute approximate surface area is 187 Å². The van der Waals surface area contributed by atoms with E-state index in [2.05, 4.69) is 34.6 Å². The van der Waals surface area contributed by atoms with Gasteiger partial charge in [-0.1, -0.05) is 29.8 Å². The van der Waals surface area contributed by atoms with Gasteiger partial charge in [-0.2, -0.15) is 5.10 Å². The number of aromatic nitrogens is 3. The minimum absolute atomic E-state index is 0.254. The van der Waals surface area contributed by atoms with Crippen molar-refractivity contribution in [3.8, 4) is 21.8 Å². The van der Waals surface area contributed by atoms with E-state index in [1.807, 2.05) is 42.5 Å². The van der Waals surface area contributed by atoms with Crippen molar-refractivity contribution >= 4 is 44.7 Å². The fraction of sp³-hybridized carbons (Fsp3) is 0.0417. The summed E-state index contributed by atoms with van der Waals surface area (Å²) >= 11 is 7.59. The number of aromatic amines is 1. The van der Waals surface area contributed by atoms with E-state index in [1.165, 1.54) is 10.3 Å². The van der Waals surface area contributed by atoms with Crippen molar-refractivity contribution in [1.82, 2.24) is 15.2 Å². The van der Waals surface area contributed by atoms with E-state index < -0.39 is 0 Å². The number of thiazole rings is 1. The van der Waals surface area contributed by atoms with Gasteiger partial charge in [-0.05, 0) is 67.1 Å². The first-order valence-corrected chi connectivity index (χ1v) is 10.8. The Morgan fingerprint density at radius 3 is 2.48 bits per heavy atom. The van der Waals surface area contributed by atoms with Gasteiger partial charge in [0.1, 0.15) is 10.7 Å². The molecule has 1 amide bonds. The van der Waals surface area contributed by atoms with Crippen LogP contribution in [-0.4, -0.2) is 21.1 Å². The van der Waals surface area contributed by atoms with Gasteiger partial charge in [-0.3, -0.25) is 9.89 Å². The number of hydrogen-bond acceptors (Lipinski definition) is 4. The second-order valence-corrected chi connectivity index (χ2v) is 8.66. The molecule has 0 radical (unpaired) electrons. The Hall–Kier alpha value is -3.48. The molecule has 0 aliphatic rings.